The maximum absolute atomic E-state index is 2.54. The fourth-order valence-electron chi connectivity index (χ4n) is 7.85. The van der Waals surface area contributed by atoms with E-state index in [-0.39, 0.29) is 0 Å². The molecule has 11 rings (SSSR count). The van der Waals surface area contributed by atoms with E-state index in [0.717, 1.165) is 0 Å². The molecule has 0 aliphatic rings. The SMILES string of the molecule is c1ccc(-n2c3ccccc3c3c4sc5ccccc5c4c4c5ccccc5n(-c5ccc6sc7ccccc7c6c5)c4c32)cc1. The highest BCUT2D eigenvalue weighted by atomic mass is 32.1. The standard InChI is InChI=1S/C42H24N2S2/c1-2-12-25(13-3-1)43-33-19-9-5-16-29(33)39-41(43)40-37(38-30-17-7-11-21-35(30)46-42(38)39)28-15-4-8-18-32(28)44(40)26-22-23-36-31(24-26)27-14-6-10-20-34(27)45-36/h1-24H. The van der Waals surface area contributed by atoms with Gasteiger partial charge in [0.2, 0.25) is 0 Å². The predicted molar refractivity (Wildman–Crippen MR) is 201 cm³/mol. The van der Waals surface area contributed by atoms with Crippen LogP contribution in [0.5, 0.6) is 0 Å². The Kier molecular flexibility index (Phi) is 4.90. The van der Waals surface area contributed by atoms with Crippen LogP contribution >= 0.6 is 22.7 Å². The van der Waals surface area contributed by atoms with Crippen molar-refractivity contribution in [1.29, 1.82) is 0 Å². The zero-order valence-corrected chi connectivity index (χ0v) is 26.2. The van der Waals surface area contributed by atoms with Gasteiger partial charge in [-0.25, -0.2) is 0 Å². The molecule has 0 radical (unpaired) electrons. The molecule has 0 N–H and O–H groups in total. The quantitative estimate of drug-likeness (QED) is 0.182. The number of hydrogen-bond acceptors (Lipinski definition) is 2. The molecule has 4 heteroatoms. The first-order valence-corrected chi connectivity index (χ1v) is 17.2. The van der Waals surface area contributed by atoms with Crippen molar-refractivity contribution in [3.05, 3.63) is 146 Å². The van der Waals surface area contributed by atoms with Crippen LogP contribution in [0.3, 0.4) is 0 Å². The van der Waals surface area contributed by atoms with Crippen LogP contribution in [0, 0.1) is 0 Å². The maximum atomic E-state index is 2.54. The van der Waals surface area contributed by atoms with Crippen LogP contribution < -0.4 is 0 Å². The van der Waals surface area contributed by atoms with Crippen molar-refractivity contribution in [1.82, 2.24) is 9.13 Å². The summed E-state index contributed by atoms with van der Waals surface area (Å²) in [7, 11) is 0. The molecule has 0 amide bonds. The van der Waals surface area contributed by atoms with E-state index in [4.69, 9.17) is 0 Å². The van der Waals surface area contributed by atoms with Crippen molar-refractivity contribution in [2.45, 2.75) is 0 Å². The van der Waals surface area contributed by atoms with Gasteiger partial charge in [0.15, 0.2) is 0 Å². The molecule has 46 heavy (non-hydrogen) atoms. The Morgan fingerprint density at radius 2 is 0.891 bits per heavy atom. The Balaban J connectivity index is 1.46. The molecule has 0 spiro atoms. The summed E-state index contributed by atoms with van der Waals surface area (Å²) in [6.45, 7) is 0. The highest BCUT2D eigenvalue weighted by Crippen LogP contribution is 2.51. The van der Waals surface area contributed by atoms with Crippen molar-refractivity contribution >= 4 is 107 Å². The molecule has 214 valence electrons. The molecule has 0 aliphatic heterocycles. The first-order chi connectivity index (χ1) is 22.8. The summed E-state index contributed by atoms with van der Waals surface area (Å²) in [5.74, 6) is 0. The molecule has 0 atom stereocenters. The van der Waals surface area contributed by atoms with Crippen molar-refractivity contribution in [2.75, 3.05) is 0 Å². The van der Waals surface area contributed by atoms with Gasteiger partial charge in [0.05, 0.1) is 22.1 Å². The van der Waals surface area contributed by atoms with Crippen LogP contribution in [0.4, 0.5) is 0 Å². The lowest BCUT2D eigenvalue weighted by Gasteiger charge is -2.13. The van der Waals surface area contributed by atoms with Gasteiger partial charge in [0.1, 0.15) is 0 Å². The Morgan fingerprint density at radius 1 is 0.348 bits per heavy atom. The minimum absolute atomic E-state index is 1.17. The van der Waals surface area contributed by atoms with Crippen LogP contribution in [0.25, 0.3) is 95.3 Å². The summed E-state index contributed by atoms with van der Waals surface area (Å²) in [5, 5.41) is 10.5. The Hall–Kier alpha value is -5.42. The van der Waals surface area contributed by atoms with Crippen LogP contribution in [0.15, 0.2) is 146 Å². The molecule has 11 aromatic rings. The number of para-hydroxylation sites is 3. The van der Waals surface area contributed by atoms with Crippen LogP contribution in [-0.2, 0) is 0 Å². The minimum Gasteiger partial charge on any atom is -0.307 e. The van der Waals surface area contributed by atoms with E-state index < -0.39 is 0 Å². The molecule has 4 heterocycles. The van der Waals surface area contributed by atoms with E-state index in [1.165, 1.54) is 95.3 Å². The second kappa shape index (κ2) is 9.07. The van der Waals surface area contributed by atoms with E-state index >= 15 is 0 Å². The normalized spacial score (nSPS) is 12.3. The van der Waals surface area contributed by atoms with E-state index in [1.54, 1.807) is 0 Å². The fourth-order valence-corrected chi connectivity index (χ4v) is 10.2. The molecule has 7 aromatic carbocycles. The summed E-state index contributed by atoms with van der Waals surface area (Å²) >= 11 is 3.80. The van der Waals surface area contributed by atoms with E-state index in [9.17, 15) is 0 Å². The Bertz CT molecular complexity index is 3020. The second-order valence-corrected chi connectivity index (χ2v) is 14.2. The fraction of sp³-hybridized carbons (Fsp3) is 0. The number of nitrogens with zero attached hydrogens (tertiary/aromatic N) is 2. The lowest BCUT2D eigenvalue weighted by atomic mass is 10.0. The summed E-state index contributed by atoms with van der Waals surface area (Å²) in [6.07, 6.45) is 0. The summed E-state index contributed by atoms with van der Waals surface area (Å²) in [4.78, 5) is 0. The van der Waals surface area contributed by atoms with Crippen molar-refractivity contribution < 1.29 is 0 Å². The molecule has 4 aromatic heterocycles. The number of hydrogen-bond donors (Lipinski definition) is 0. The summed E-state index contributed by atoms with van der Waals surface area (Å²) in [5.41, 5.74) is 7.33. The number of fused-ring (bicyclic) bond motifs is 15. The van der Waals surface area contributed by atoms with Crippen molar-refractivity contribution in [3.63, 3.8) is 0 Å². The van der Waals surface area contributed by atoms with E-state index in [2.05, 4.69) is 155 Å². The zero-order chi connectivity index (χ0) is 29.9. The maximum Gasteiger partial charge on any atom is 0.0803 e. The van der Waals surface area contributed by atoms with Gasteiger partial charge in [-0.05, 0) is 54.6 Å². The minimum atomic E-state index is 1.17. The lowest BCUT2D eigenvalue weighted by Crippen LogP contribution is -1.98. The average Bonchev–Trinajstić information content (AvgIpc) is 3.86. The second-order valence-electron chi connectivity index (χ2n) is 12.1. The molecular weight excluding hydrogens is 597 g/mol. The molecule has 0 aliphatic carbocycles. The summed E-state index contributed by atoms with van der Waals surface area (Å²) in [6, 6.07) is 53.6. The van der Waals surface area contributed by atoms with Crippen molar-refractivity contribution in [3.8, 4) is 11.4 Å². The predicted octanol–water partition coefficient (Wildman–Crippen LogP) is 12.6. The van der Waals surface area contributed by atoms with Gasteiger partial charge in [0.25, 0.3) is 0 Å². The Morgan fingerprint density at radius 3 is 1.65 bits per heavy atom. The van der Waals surface area contributed by atoms with Gasteiger partial charge in [-0.3, -0.25) is 0 Å². The zero-order valence-electron chi connectivity index (χ0n) is 24.6. The molecule has 0 bridgehead atoms. The van der Waals surface area contributed by atoms with Gasteiger partial charge in [-0.15, -0.1) is 22.7 Å². The first-order valence-electron chi connectivity index (χ1n) is 15.6. The highest BCUT2D eigenvalue weighted by molar-refractivity contribution is 7.27. The van der Waals surface area contributed by atoms with E-state index in [1.807, 2.05) is 22.7 Å². The third-order valence-electron chi connectivity index (χ3n) is 9.68. The Labute approximate surface area is 271 Å². The van der Waals surface area contributed by atoms with E-state index in [0.29, 0.717) is 0 Å². The number of thiophene rings is 2. The van der Waals surface area contributed by atoms with Gasteiger partial charge < -0.3 is 9.13 Å². The van der Waals surface area contributed by atoms with Gasteiger partial charge >= 0.3 is 0 Å². The number of rotatable bonds is 2. The van der Waals surface area contributed by atoms with Gasteiger partial charge in [-0.2, -0.15) is 0 Å². The van der Waals surface area contributed by atoms with Crippen LogP contribution in [0.2, 0.25) is 0 Å². The van der Waals surface area contributed by atoms with Crippen LogP contribution in [0.1, 0.15) is 0 Å². The molecular formula is C42H24N2S2. The van der Waals surface area contributed by atoms with Crippen LogP contribution in [-0.4, -0.2) is 9.13 Å². The van der Waals surface area contributed by atoms with Gasteiger partial charge in [-0.1, -0.05) is 91.0 Å². The average molecular weight is 621 g/mol. The van der Waals surface area contributed by atoms with Gasteiger partial charge in [0, 0.05) is 73.3 Å². The number of benzene rings is 7. The highest BCUT2D eigenvalue weighted by Gasteiger charge is 2.26. The molecule has 0 saturated heterocycles. The monoisotopic (exact) mass is 620 g/mol. The topological polar surface area (TPSA) is 9.86 Å². The van der Waals surface area contributed by atoms with Crippen molar-refractivity contribution in [2.24, 2.45) is 0 Å². The third kappa shape index (κ3) is 3.15. The lowest BCUT2D eigenvalue weighted by molar-refractivity contribution is 1.15. The molecule has 0 fully saturated rings. The molecule has 0 unspecified atom stereocenters. The molecule has 0 saturated carbocycles. The third-order valence-corrected chi connectivity index (χ3v) is 12.0. The first kappa shape index (κ1) is 24.8. The molecule has 2 nitrogen and oxygen atoms in total. The largest absolute Gasteiger partial charge is 0.307 e. The number of aromatic nitrogens is 2. The smallest absolute Gasteiger partial charge is 0.0803 e. The summed E-state index contributed by atoms with van der Waals surface area (Å²) < 4.78 is 10.4.